The van der Waals surface area contributed by atoms with Crippen LogP contribution in [0.15, 0.2) is 48.8 Å². The van der Waals surface area contributed by atoms with Crippen LogP contribution in [0.5, 0.6) is 0 Å². The molecular weight excluding hydrogens is 421 g/mol. The highest BCUT2D eigenvalue weighted by Crippen LogP contribution is 2.28. The highest BCUT2D eigenvalue weighted by Gasteiger charge is 2.31. The molecule has 0 unspecified atom stereocenters. The van der Waals surface area contributed by atoms with E-state index in [2.05, 4.69) is 10.3 Å². The minimum Gasteiger partial charge on any atom is -0.349 e. The maximum absolute atomic E-state index is 13.4. The van der Waals surface area contributed by atoms with Crippen LogP contribution in [0.3, 0.4) is 0 Å². The van der Waals surface area contributed by atoms with Gasteiger partial charge in [-0.15, -0.1) is 0 Å². The quantitative estimate of drug-likeness (QED) is 0.665. The molecule has 0 radical (unpaired) electrons. The van der Waals surface area contributed by atoms with E-state index in [0.29, 0.717) is 37.2 Å². The van der Waals surface area contributed by atoms with Gasteiger partial charge in [-0.1, -0.05) is 0 Å². The number of halogens is 1. The molecule has 1 aromatic carbocycles. The van der Waals surface area contributed by atoms with E-state index in [-0.39, 0.29) is 23.7 Å². The predicted molar refractivity (Wildman–Crippen MR) is 121 cm³/mol. The van der Waals surface area contributed by atoms with Crippen LogP contribution in [0.4, 0.5) is 4.39 Å². The smallest absolute Gasteiger partial charge is 0.274 e. The molecule has 2 amide bonds. The number of piperidine rings is 1. The predicted octanol–water partition coefficient (Wildman–Crippen LogP) is 3.32. The summed E-state index contributed by atoms with van der Waals surface area (Å²) in [5.41, 5.74) is 3.88. The van der Waals surface area contributed by atoms with Gasteiger partial charge in [0, 0.05) is 42.8 Å². The van der Waals surface area contributed by atoms with E-state index < -0.39 is 0 Å². The van der Waals surface area contributed by atoms with Gasteiger partial charge >= 0.3 is 0 Å². The first-order chi connectivity index (χ1) is 16.1. The number of carbonyl (C=O) groups excluding carboxylic acids is 2. The van der Waals surface area contributed by atoms with Crippen LogP contribution in [0.2, 0.25) is 0 Å². The number of hydrogen-bond donors (Lipinski definition) is 1. The van der Waals surface area contributed by atoms with Gasteiger partial charge in [0.1, 0.15) is 5.82 Å². The average Bonchev–Trinajstić information content (AvgIpc) is 3.25. The fraction of sp³-hybridized carbons (Fsp3) is 0.360. The Kier molecular flexibility index (Phi) is 5.90. The molecule has 170 valence electrons. The van der Waals surface area contributed by atoms with Gasteiger partial charge in [0.15, 0.2) is 5.69 Å². The SMILES string of the molecule is O=C(NC1CCN(C(=O)c2nn(-c3ccc(F)cc3)c3c2CCCC3)CC1)c1cccnc1. The molecule has 2 aliphatic rings. The lowest BCUT2D eigenvalue weighted by molar-refractivity contribution is 0.0690. The molecule has 1 fully saturated rings. The van der Waals surface area contributed by atoms with Crippen molar-refractivity contribution < 1.29 is 14.0 Å². The van der Waals surface area contributed by atoms with Crippen molar-refractivity contribution in [2.24, 2.45) is 0 Å². The lowest BCUT2D eigenvalue weighted by Gasteiger charge is -2.32. The third kappa shape index (κ3) is 4.37. The number of hydrogen-bond acceptors (Lipinski definition) is 4. The number of carbonyl (C=O) groups is 2. The van der Waals surface area contributed by atoms with E-state index in [1.165, 1.54) is 12.1 Å². The number of amides is 2. The normalized spacial score (nSPS) is 16.3. The number of rotatable bonds is 4. The average molecular weight is 448 g/mol. The highest BCUT2D eigenvalue weighted by atomic mass is 19.1. The number of likely N-dealkylation sites (tertiary alicyclic amines) is 1. The van der Waals surface area contributed by atoms with Gasteiger partial charge in [-0.05, 0) is 74.9 Å². The Hall–Kier alpha value is -3.55. The molecule has 3 heterocycles. The first-order valence-corrected chi connectivity index (χ1v) is 11.5. The van der Waals surface area contributed by atoms with E-state index >= 15 is 0 Å². The molecule has 8 heteroatoms. The Bertz CT molecular complexity index is 1150. The van der Waals surface area contributed by atoms with Gasteiger partial charge in [-0.3, -0.25) is 14.6 Å². The van der Waals surface area contributed by atoms with Gasteiger partial charge in [0.05, 0.1) is 11.3 Å². The van der Waals surface area contributed by atoms with E-state index in [1.807, 2.05) is 9.58 Å². The Morgan fingerprint density at radius 1 is 1.03 bits per heavy atom. The number of aromatic nitrogens is 3. The largest absolute Gasteiger partial charge is 0.349 e. The molecule has 5 rings (SSSR count). The number of fused-ring (bicyclic) bond motifs is 1. The molecule has 2 aromatic heterocycles. The summed E-state index contributed by atoms with van der Waals surface area (Å²) in [4.78, 5) is 31.6. The molecule has 33 heavy (non-hydrogen) atoms. The Labute approximate surface area is 191 Å². The van der Waals surface area contributed by atoms with Crippen LogP contribution in [0, 0.1) is 5.82 Å². The van der Waals surface area contributed by atoms with Gasteiger partial charge in [0.2, 0.25) is 0 Å². The highest BCUT2D eigenvalue weighted by molar-refractivity contribution is 5.95. The summed E-state index contributed by atoms with van der Waals surface area (Å²) in [5.74, 6) is -0.499. The molecule has 0 saturated carbocycles. The Morgan fingerprint density at radius 3 is 2.52 bits per heavy atom. The molecular formula is C25H26FN5O2. The molecule has 0 atom stereocenters. The Morgan fingerprint density at radius 2 is 1.79 bits per heavy atom. The fourth-order valence-corrected chi connectivity index (χ4v) is 4.71. The topological polar surface area (TPSA) is 80.1 Å². The zero-order valence-electron chi connectivity index (χ0n) is 18.3. The second kappa shape index (κ2) is 9.13. The zero-order valence-corrected chi connectivity index (χ0v) is 18.3. The molecule has 3 aromatic rings. The third-order valence-electron chi connectivity index (χ3n) is 6.50. The minimum atomic E-state index is -0.297. The number of nitrogens with one attached hydrogen (secondary N) is 1. The standard InChI is InChI=1S/C25H26FN5O2/c26-18-7-9-20(10-8-18)31-22-6-2-1-5-21(22)23(29-31)25(33)30-14-11-19(12-15-30)28-24(32)17-4-3-13-27-16-17/h3-4,7-10,13,16,19H,1-2,5-6,11-12,14-15H2,(H,28,32). The summed E-state index contributed by atoms with van der Waals surface area (Å²) in [5, 5.41) is 7.75. The van der Waals surface area contributed by atoms with Crippen molar-refractivity contribution >= 4 is 11.8 Å². The second-order valence-corrected chi connectivity index (χ2v) is 8.65. The molecule has 1 aliphatic heterocycles. The van der Waals surface area contributed by atoms with Crippen LogP contribution in [0.25, 0.3) is 5.69 Å². The first-order valence-electron chi connectivity index (χ1n) is 11.5. The van der Waals surface area contributed by atoms with Crippen molar-refractivity contribution in [2.45, 2.75) is 44.6 Å². The summed E-state index contributed by atoms with van der Waals surface area (Å²) >= 11 is 0. The van der Waals surface area contributed by atoms with Crippen molar-refractivity contribution in [3.8, 4) is 5.69 Å². The van der Waals surface area contributed by atoms with Crippen LogP contribution in [-0.2, 0) is 12.8 Å². The van der Waals surface area contributed by atoms with Gasteiger partial charge < -0.3 is 10.2 Å². The van der Waals surface area contributed by atoms with E-state index in [9.17, 15) is 14.0 Å². The maximum Gasteiger partial charge on any atom is 0.274 e. The lowest BCUT2D eigenvalue weighted by atomic mass is 9.95. The van der Waals surface area contributed by atoms with Crippen LogP contribution in [0.1, 0.15) is 57.8 Å². The van der Waals surface area contributed by atoms with E-state index in [0.717, 1.165) is 42.6 Å². The van der Waals surface area contributed by atoms with Crippen LogP contribution >= 0.6 is 0 Å². The molecule has 1 aliphatic carbocycles. The molecule has 0 spiro atoms. The summed E-state index contributed by atoms with van der Waals surface area (Å²) in [6.07, 6.45) is 8.34. The zero-order chi connectivity index (χ0) is 22.8. The molecule has 0 bridgehead atoms. The first kappa shape index (κ1) is 21.3. The third-order valence-corrected chi connectivity index (χ3v) is 6.50. The van der Waals surface area contributed by atoms with Crippen molar-refractivity contribution in [3.05, 3.63) is 77.1 Å². The van der Waals surface area contributed by atoms with Crippen molar-refractivity contribution in [1.82, 2.24) is 25.0 Å². The summed E-state index contributed by atoms with van der Waals surface area (Å²) in [6, 6.07) is 9.72. The van der Waals surface area contributed by atoms with E-state index in [4.69, 9.17) is 5.10 Å². The number of nitrogens with zero attached hydrogens (tertiary/aromatic N) is 4. The van der Waals surface area contributed by atoms with Crippen LogP contribution in [-0.4, -0.2) is 50.6 Å². The summed E-state index contributed by atoms with van der Waals surface area (Å²) in [7, 11) is 0. The second-order valence-electron chi connectivity index (χ2n) is 8.65. The minimum absolute atomic E-state index is 0.0208. The molecule has 1 N–H and O–H groups in total. The van der Waals surface area contributed by atoms with Crippen molar-refractivity contribution in [2.75, 3.05) is 13.1 Å². The number of benzene rings is 1. The van der Waals surface area contributed by atoms with Gasteiger partial charge in [0.25, 0.3) is 11.8 Å². The van der Waals surface area contributed by atoms with Gasteiger partial charge in [-0.2, -0.15) is 5.10 Å². The molecule has 7 nitrogen and oxygen atoms in total. The monoisotopic (exact) mass is 447 g/mol. The van der Waals surface area contributed by atoms with Crippen molar-refractivity contribution in [1.29, 1.82) is 0 Å². The van der Waals surface area contributed by atoms with Crippen LogP contribution < -0.4 is 5.32 Å². The lowest BCUT2D eigenvalue weighted by Crippen LogP contribution is -2.46. The van der Waals surface area contributed by atoms with Crippen molar-refractivity contribution in [3.63, 3.8) is 0 Å². The fourth-order valence-electron chi connectivity index (χ4n) is 4.71. The maximum atomic E-state index is 13.4. The van der Waals surface area contributed by atoms with Gasteiger partial charge in [-0.25, -0.2) is 9.07 Å². The summed E-state index contributed by atoms with van der Waals surface area (Å²) in [6.45, 7) is 1.13. The molecule has 1 saturated heterocycles. The Balaban J connectivity index is 1.29. The number of pyridine rings is 1. The summed E-state index contributed by atoms with van der Waals surface area (Å²) < 4.78 is 15.2. The van der Waals surface area contributed by atoms with E-state index in [1.54, 1.807) is 36.7 Å².